The van der Waals surface area contributed by atoms with E-state index in [-0.39, 0.29) is 17.1 Å². The molecule has 0 aliphatic carbocycles. The van der Waals surface area contributed by atoms with Crippen LogP contribution in [0.4, 0.5) is 8.78 Å². The minimum absolute atomic E-state index is 0.0185. The van der Waals surface area contributed by atoms with Crippen LogP contribution >= 0.6 is 0 Å². The Morgan fingerprint density at radius 3 is 2.50 bits per heavy atom. The number of carbonyl (C=O) groups is 1. The van der Waals surface area contributed by atoms with Crippen molar-refractivity contribution < 1.29 is 18.3 Å². The van der Waals surface area contributed by atoms with E-state index < -0.39 is 6.61 Å². The molecule has 2 nitrogen and oxygen atoms in total. The van der Waals surface area contributed by atoms with E-state index in [0.29, 0.717) is 12.0 Å². The maximum atomic E-state index is 12.3. The van der Waals surface area contributed by atoms with Crippen molar-refractivity contribution in [1.29, 1.82) is 0 Å². The van der Waals surface area contributed by atoms with Gasteiger partial charge in [-0.3, -0.25) is 4.79 Å². The molecular weight excluding hydrogens is 214 g/mol. The van der Waals surface area contributed by atoms with Gasteiger partial charge < -0.3 is 4.74 Å². The van der Waals surface area contributed by atoms with Gasteiger partial charge in [0.2, 0.25) is 0 Å². The minimum atomic E-state index is -2.91. The molecule has 0 saturated carbocycles. The second kappa shape index (κ2) is 5.05. The van der Waals surface area contributed by atoms with Crippen LogP contribution in [0.2, 0.25) is 0 Å². The molecule has 88 valence electrons. The Morgan fingerprint density at radius 2 is 2.06 bits per heavy atom. The van der Waals surface area contributed by atoms with Crippen molar-refractivity contribution >= 4 is 5.78 Å². The third kappa shape index (κ3) is 2.56. The molecule has 1 aromatic carbocycles. The number of carbonyl (C=O) groups excluding carboxylic acids is 1. The molecule has 0 amide bonds. The summed E-state index contributed by atoms with van der Waals surface area (Å²) in [6.07, 6.45) is 0.551. The largest absolute Gasteiger partial charge is 0.434 e. The predicted octanol–water partition coefficient (Wildman–Crippen LogP) is 3.36. The van der Waals surface area contributed by atoms with Gasteiger partial charge in [-0.1, -0.05) is 13.0 Å². The summed E-state index contributed by atoms with van der Waals surface area (Å²) in [5, 5.41) is 0. The lowest BCUT2D eigenvalue weighted by Crippen LogP contribution is -2.09. The quantitative estimate of drug-likeness (QED) is 0.738. The number of aryl methyl sites for hydroxylation is 1. The summed E-state index contributed by atoms with van der Waals surface area (Å²) in [6.45, 7) is 2.07. The highest BCUT2D eigenvalue weighted by Crippen LogP contribution is 2.29. The lowest BCUT2D eigenvalue weighted by molar-refractivity contribution is -0.0507. The third-order valence-corrected chi connectivity index (χ3v) is 2.43. The van der Waals surface area contributed by atoms with E-state index in [1.807, 2.05) is 6.92 Å². The number of ether oxygens (including phenoxy) is 1. The summed E-state index contributed by atoms with van der Waals surface area (Å²) in [6, 6.07) is 3.27. The molecule has 16 heavy (non-hydrogen) atoms. The summed E-state index contributed by atoms with van der Waals surface area (Å²) in [5.74, 6) is -0.254. The van der Waals surface area contributed by atoms with E-state index in [9.17, 15) is 13.6 Å². The van der Waals surface area contributed by atoms with Gasteiger partial charge in [-0.05, 0) is 37.5 Å². The highest BCUT2D eigenvalue weighted by molar-refractivity contribution is 5.97. The standard InChI is InChI=1S/C12H14F2O2/c1-4-9-7(2)5-6-10(8(3)15)11(9)16-12(13)14/h5-6,12H,4H2,1-3H3. The van der Waals surface area contributed by atoms with E-state index in [1.54, 1.807) is 13.0 Å². The van der Waals surface area contributed by atoms with Crippen LogP contribution in [0.15, 0.2) is 12.1 Å². The number of halogens is 2. The molecule has 0 bridgehead atoms. The Hall–Kier alpha value is -1.45. The molecule has 0 spiro atoms. The Morgan fingerprint density at radius 1 is 1.44 bits per heavy atom. The Labute approximate surface area is 93.2 Å². The molecule has 0 radical (unpaired) electrons. The molecule has 0 heterocycles. The van der Waals surface area contributed by atoms with Gasteiger partial charge in [0.25, 0.3) is 0 Å². The zero-order valence-electron chi connectivity index (χ0n) is 9.51. The summed E-state index contributed by atoms with van der Waals surface area (Å²) in [4.78, 5) is 11.3. The Bertz CT molecular complexity index is 400. The fourth-order valence-electron chi connectivity index (χ4n) is 1.67. The van der Waals surface area contributed by atoms with Crippen LogP contribution in [0.1, 0.15) is 35.3 Å². The first-order valence-electron chi connectivity index (χ1n) is 5.05. The predicted molar refractivity (Wildman–Crippen MR) is 57.2 cm³/mol. The summed E-state index contributed by atoms with van der Waals surface area (Å²) >= 11 is 0. The maximum absolute atomic E-state index is 12.3. The van der Waals surface area contributed by atoms with Crippen LogP contribution in [0.3, 0.4) is 0 Å². The van der Waals surface area contributed by atoms with Crippen molar-refractivity contribution in [2.24, 2.45) is 0 Å². The highest BCUT2D eigenvalue weighted by atomic mass is 19.3. The third-order valence-electron chi connectivity index (χ3n) is 2.43. The number of benzene rings is 1. The second-order valence-electron chi connectivity index (χ2n) is 3.53. The fourth-order valence-corrected chi connectivity index (χ4v) is 1.67. The maximum Gasteiger partial charge on any atom is 0.387 e. The van der Waals surface area contributed by atoms with E-state index >= 15 is 0 Å². The van der Waals surface area contributed by atoms with Crippen molar-refractivity contribution in [2.45, 2.75) is 33.8 Å². The molecule has 0 aliphatic heterocycles. The van der Waals surface area contributed by atoms with Crippen molar-refractivity contribution in [1.82, 2.24) is 0 Å². The van der Waals surface area contributed by atoms with Crippen molar-refractivity contribution in [3.8, 4) is 5.75 Å². The van der Waals surface area contributed by atoms with Crippen LogP contribution in [0.5, 0.6) is 5.75 Å². The van der Waals surface area contributed by atoms with E-state index in [1.165, 1.54) is 13.0 Å². The summed E-state index contributed by atoms with van der Waals surface area (Å²) in [5.41, 5.74) is 1.72. The van der Waals surface area contributed by atoms with Gasteiger partial charge in [0.1, 0.15) is 5.75 Å². The molecule has 0 atom stereocenters. The average Bonchev–Trinajstić information content (AvgIpc) is 2.16. The first-order valence-corrected chi connectivity index (χ1v) is 5.05. The summed E-state index contributed by atoms with van der Waals surface area (Å²) in [7, 11) is 0. The van der Waals surface area contributed by atoms with Crippen LogP contribution in [0.25, 0.3) is 0 Å². The smallest absolute Gasteiger partial charge is 0.387 e. The molecule has 1 aromatic rings. The lowest BCUT2D eigenvalue weighted by Gasteiger charge is -2.15. The zero-order chi connectivity index (χ0) is 12.3. The fraction of sp³-hybridized carbons (Fsp3) is 0.417. The Balaban J connectivity index is 3.34. The number of Topliss-reactive ketones (excluding diaryl/α,β-unsaturated/α-hetero) is 1. The zero-order valence-corrected chi connectivity index (χ0v) is 9.51. The van der Waals surface area contributed by atoms with Crippen molar-refractivity contribution in [2.75, 3.05) is 0 Å². The molecular formula is C12H14F2O2. The number of rotatable bonds is 4. The molecule has 0 unspecified atom stereocenters. The lowest BCUT2D eigenvalue weighted by atomic mass is 9.99. The first kappa shape index (κ1) is 12.6. The normalized spacial score (nSPS) is 10.6. The van der Waals surface area contributed by atoms with Gasteiger partial charge in [0.15, 0.2) is 5.78 Å². The van der Waals surface area contributed by atoms with Crippen LogP contribution < -0.4 is 4.74 Å². The van der Waals surface area contributed by atoms with Crippen LogP contribution in [0, 0.1) is 6.92 Å². The number of ketones is 1. The van der Waals surface area contributed by atoms with Crippen LogP contribution in [-0.2, 0) is 6.42 Å². The van der Waals surface area contributed by atoms with Crippen molar-refractivity contribution in [3.63, 3.8) is 0 Å². The SMILES string of the molecule is CCc1c(C)ccc(C(C)=O)c1OC(F)F. The van der Waals surface area contributed by atoms with Crippen molar-refractivity contribution in [3.05, 3.63) is 28.8 Å². The van der Waals surface area contributed by atoms with E-state index in [4.69, 9.17) is 0 Å². The molecule has 0 N–H and O–H groups in total. The number of hydrogen-bond acceptors (Lipinski definition) is 2. The monoisotopic (exact) mass is 228 g/mol. The Kier molecular flexibility index (Phi) is 3.99. The highest BCUT2D eigenvalue weighted by Gasteiger charge is 2.17. The summed E-state index contributed by atoms with van der Waals surface area (Å²) < 4.78 is 29.0. The number of hydrogen-bond donors (Lipinski definition) is 0. The van der Waals surface area contributed by atoms with Gasteiger partial charge in [-0.2, -0.15) is 8.78 Å². The van der Waals surface area contributed by atoms with E-state index in [0.717, 1.165) is 5.56 Å². The molecule has 0 aromatic heterocycles. The number of alkyl halides is 2. The van der Waals surface area contributed by atoms with Gasteiger partial charge >= 0.3 is 6.61 Å². The second-order valence-corrected chi connectivity index (χ2v) is 3.53. The minimum Gasteiger partial charge on any atom is -0.434 e. The molecule has 0 saturated heterocycles. The molecule has 0 fully saturated rings. The van der Waals surface area contributed by atoms with Gasteiger partial charge in [0.05, 0.1) is 5.56 Å². The molecule has 4 heteroatoms. The van der Waals surface area contributed by atoms with E-state index in [2.05, 4.69) is 4.74 Å². The van der Waals surface area contributed by atoms with Crippen LogP contribution in [-0.4, -0.2) is 12.4 Å². The van der Waals surface area contributed by atoms with Gasteiger partial charge in [-0.25, -0.2) is 0 Å². The average molecular weight is 228 g/mol. The molecule has 0 aliphatic rings. The molecule has 1 rings (SSSR count). The van der Waals surface area contributed by atoms with Gasteiger partial charge in [-0.15, -0.1) is 0 Å². The van der Waals surface area contributed by atoms with Gasteiger partial charge in [0, 0.05) is 0 Å². The first-order chi connectivity index (χ1) is 7.47. The topological polar surface area (TPSA) is 26.3 Å².